The fourth-order valence-corrected chi connectivity index (χ4v) is 1.95. The molecule has 0 saturated carbocycles. The van der Waals surface area contributed by atoms with E-state index in [4.69, 9.17) is 23.2 Å². The van der Waals surface area contributed by atoms with E-state index in [2.05, 4.69) is 11.4 Å². The molecular weight excluding hydrogens is 193 g/mol. The van der Waals surface area contributed by atoms with Crippen LogP contribution in [0.5, 0.6) is 0 Å². The number of fused-ring (bicyclic) bond motifs is 1. The van der Waals surface area contributed by atoms with Gasteiger partial charge in [-0.1, -0.05) is 24.3 Å². The average molecular weight is 202 g/mol. The molecule has 1 nitrogen and oxygen atoms in total. The molecule has 1 aliphatic rings. The summed E-state index contributed by atoms with van der Waals surface area (Å²) < 4.78 is 0. The molecule has 0 bridgehead atoms. The second-order valence-corrected chi connectivity index (χ2v) is 3.82. The summed E-state index contributed by atoms with van der Waals surface area (Å²) in [4.78, 5) is 0. The smallest absolute Gasteiger partial charge is 0.103 e. The highest BCUT2D eigenvalue weighted by Gasteiger charge is 2.24. The molecule has 64 valence electrons. The molecule has 0 aliphatic carbocycles. The molecule has 2 atom stereocenters. The largest absolute Gasteiger partial charge is 0.296 e. The third-order valence-corrected chi connectivity index (χ3v) is 3.12. The molecule has 12 heavy (non-hydrogen) atoms. The first-order valence-corrected chi connectivity index (χ1v) is 4.75. The zero-order valence-corrected chi connectivity index (χ0v) is 7.94. The number of alkyl halides is 2. The number of hydrogen-bond acceptors (Lipinski definition) is 1. The Hall–Kier alpha value is -0.240. The second-order valence-electron chi connectivity index (χ2n) is 2.88. The second kappa shape index (κ2) is 3.25. The van der Waals surface area contributed by atoms with E-state index in [1.807, 2.05) is 18.2 Å². The number of hydrogen-bond donors (Lipinski definition) is 1. The Morgan fingerprint density at radius 2 is 2.00 bits per heavy atom. The lowest BCUT2D eigenvalue weighted by Gasteiger charge is -2.26. The molecule has 2 unspecified atom stereocenters. The van der Waals surface area contributed by atoms with E-state index in [1.165, 1.54) is 5.56 Å². The molecular formula is C9H9Cl2N. The summed E-state index contributed by atoms with van der Waals surface area (Å²) in [5.41, 5.74) is 2.24. The van der Waals surface area contributed by atoms with Crippen LogP contribution in [-0.4, -0.2) is 5.50 Å². The van der Waals surface area contributed by atoms with Crippen LogP contribution in [0.25, 0.3) is 0 Å². The molecule has 0 amide bonds. The van der Waals surface area contributed by atoms with Gasteiger partial charge in [0.15, 0.2) is 0 Å². The monoisotopic (exact) mass is 201 g/mol. The molecule has 0 spiro atoms. The van der Waals surface area contributed by atoms with Gasteiger partial charge in [0.25, 0.3) is 0 Å². The molecule has 0 fully saturated rings. The standard InChI is InChI=1S/C9H9Cl2N/c10-8-7-4-2-1-3-6(7)5-12-9(8)11/h1-4,8-9,12H,5H2. The summed E-state index contributed by atoms with van der Waals surface area (Å²) in [6.45, 7) is 0.813. The Morgan fingerprint density at radius 3 is 2.83 bits per heavy atom. The summed E-state index contributed by atoms with van der Waals surface area (Å²) in [5.74, 6) is 0. The van der Waals surface area contributed by atoms with Crippen molar-refractivity contribution in [1.29, 1.82) is 0 Å². The summed E-state index contributed by atoms with van der Waals surface area (Å²) in [6.07, 6.45) is 0. The van der Waals surface area contributed by atoms with Crippen molar-refractivity contribution < 1.29 is 0 Å². The highest BCUT2D eigenvalue weighted by atomic mass is 35.5. The maximum Gasteiger partial charge on any atom is 0.103 e. The quantitative estimate of drug-likeness (QED) is 0.503. The van der Waals surface area contributed by atoms with E-state index < -0.39 is 0 Å². The fourth-order valence-electron chi connectivity index (χ4n) is 1.43. The highest BCUT2D eigenvalue weighted by molar-refractivity contribution is 6.30. The van der Waals surface area contributed by atoms with Gasteiger partial charge < -0.3 is 0 Å². The van der Waals surface area contributed by atoms with Crippen molar-refractivity contribution in [2.45, 2.75) is 17.4 Å². The Bertz CT molecular complexity index is 288. The van der Waals surface area contributed by atoms with Crippen LogP contribution < -0.4 is 5.32 Å². The van der Waals surface area contributed by atoms with Crippen LogP contribution in [0.3, 0.4) is 0 Å². The van der Waals surface area contributed by atoms with Gasteiger partial charge in [-0.05, 0) is 11.1 Å². The van der Waals surface area contributed by atoms with Crippen molar-refractivity contribution in [3.8, 4) is 0 Å². The van der Waals surface area contributed by atoms with Crippen molar-refractivity contribution in [3.63, 3.8) is 0 Å². The van der Waals surface area contributed by atoms with E-state index in [1.54, 1.807) is 0 Å². The van der Waals surface area contributed by atoms with Crippen molar-refractivity contribution in [3.05, 3.63) is 35.4 Å². The number of halogens is 2. The molecule has 2 rings (SSSR count). The first-order chi connectivity index (χ1) is 5.79. The number of nitrogens with one attached hydrogen (secondary N) is 1. The maximum absolute atomic E-state index is 6.10. The SMILES string of the molecule is ClC1NCc2ccccc2C1Cl. The van der Waals surface area contributed by atoms with Crippen LogP contribution in [0.1, 0.15) is 16.5 Å². The fraction of sp³-hybridized carbons (Fsp3) is 0.333. The third-order valence-electron chi connectivity index (χ3n) is 2.10. The van der Waals surface area contributed by atoms with Gasteiger partial charge in [0.1, 0.15) is 5.50 Å². The van der Waals surface area contributed by atoms with Gasteiger partial charge in [-0.15, -0.1) is 23.2 Å². The predicted molar refractivity (Wildman–Crippen MR) is 51.5 cm³/mol. The topological polar surface area (TPSA) is 12.0 Å². The lowest BCUT2D eigenvalue weighted by molar-refractivity contribution is 0.584. The lowest BCUT2D eigenvalue weighted by atomic mass is 10.0. The normalized spacial score (nSPS) is 28.2. The van der Waals surface area contributed by atoms with Gasteiger partial charge in [0.05, 0.1) is 5.38 Å². The molecule has 1 heterocycles. The zero-order chi connectivity index (χ0) is 8.55. The first-order valence-electron chi connectivity index (χ1n) is 3.88. The molecule has 1 aromatic carbocycles. The van der Waals surface area contributed by atoms with Crippen molar-refractivity contribution in [1.82, 2.24) is 5.32 Å². The Morgan fingerprint density at radius 1 is 1.25 bits per heavy atom. The predicted octanol–water partition coefficient (Wildman–Crippen LogP) is 2.63. The number of benzene rings is 1. The Kier molecular flexibility index (Phi) is 2.26. The van der Waals surface area contributed by atoms with E-state index in [0.717, 1.165) is 12.1 Å². The van der Waals surface area contributed by atoms with Crippen molar-refractivity contribution in [2.75, 3.05) is 0 Å². The van der Waals surface area contributed by atoms with E-state index in [-0.39, 0.29) is 10.9 Å². The Balaban J connectivity index is 2.42. The maximum atomic E-state index is 6.10. The van der Waals surface area contributed by atoms with Gasteiger partial charge in [0.2, 0.25) is 0 Å². The van der Waals surface area contributed by atoms with E-state index in [0.29, 0.717) is 0 Å². The number of rotatable bonds is 0. The summed E-state index contributed by atoms with van der Waals surface area (Å²) in [6, 6.07) is 8.10. The minimum atomic E-state index is -0.151. The van der Waals surface area contributed by atoms with Crippen LogP contribution in [0.4, 0.5) is 0 Å². The minimum absolute atomic E-state index is 0.114. The van der Waals surface area contributed by atoms with Crippen LogP contribution >= 0.6 is 23.2 Å². The molecule has 1 aliphatic heterocycles. The summed E-state index contributed by atoms with van der Waals surface area (Å²) >= 11 is 12.1. The van der Waals surface area contributed by atoms with Crippen LogP contribution in [0.15, 0.2) is 24.3 Å². The third kappa shape index (κ3) is 1.33. The molecule has 0 saturated heterocycles. The highest BCUT2D eigenvalue weighted by Crippen LogP contribution is 2.32. The summed E-state index contributed by atoms with van der Waals surface area (Å²) in [5, 5.41) is 3.01. The molecule has 1 aromatic rings. The molecule has 0 aromatic heterocycles. The van der Waals surface area contributed by atoms with E-state index in [9.17, 15) is 0 Å². The molecule has 3 heteroatoms. The van der Waals surface area contributed by atoms with Gasteiger partial charge in [0, 0.05) is 6.54 Å². The lowest BCUT2D eigenvalue weighted by Crippen LogP contribution is -2.32. The van der Waals surface area contributed by atoms with Crippen LogP contribution in [0, 0.1) is 0 Å². The van der Waals surface area contributed by atoms with Crippen molar-refractivity contribution >= 4 is 23.2 Å². The molecule has 1 N–H and O–H groups in total. The van der Waals surface area contributed by atoms with Crippen LogP contribution in [-0.2, 0) is 6.54 Å². The Labute approximate surface area is 81.7 Å². The summed E-state index contributed by atoms with van der Waals surface area (Å²) in [7, 11) is 0. The zero-order valence-electron chi connectivity index (χ0n) is 6.43. The van der Waals surface area contributed by atoms with Gasteiger partial charge >= 0.3 is 0 Å². The molecule has 0 radical (unpaired) electrons. The average Bonchev–Trinajstić information content (AvgIpc) is 2.12. The first kappa shape index (κ1) is 8.36. The van der Waals surface area contributed by atoms with E-state index >= 15 is 0 Å². The minimum Gasteiger partial charge on any atom is -0.296 e. The van der Waals surface area contributed by atoms with Gasteiger partial charge in [-0.25, -0.2) is 0 Å². The van der Waals surface area contributed by atoms with Gasteiger partial charge in [-0.3, -0.25) is 5.32 Å². The van der Waals surface area contributed by atoms with Crippen LogP contribution in [0.2, 0.25) is 0 Å². The van der Waals surface area contributed by atoms with Gasteiger partial charge in [-0.2, -0.15) is 0 Å². The van der Waals surface area contributed by atoms with Crippen molar-refractivity contribution in [2.24, 2.45) is 0 Å².